The lowest BCUT2D eigenvalue weighted by Crippen LogP contribution is -2.03. The fourth-order valence-electron chi connectivity index (χ4n) is 3.08. The minimum absolute atomic E-state index is 0.277. The molecular formula is C19H13FN6. The highest BCUT2D eigenvalue weighted by molar-refractivity contribution is 5.91. The Kier molecular flexibility index (Phi) is 3.08. The minimum Gasteiger partial charge on any atom is -0.335 e. The van der Waals surface area contributed by atoms with Crippen LogP contribution in [-0.2, 0) is 7.05 Å². The maximum Gasteiger partial charge on any atom is 0.238 e. The van der Waals surface area contributed by atoms with E-state index in [2.05, 4.69) is 9.97 Å². The molecule has 0 atom stereocenters. The van der Waals surface area contributed by atoms with Crippen molar-refractivity contribution in [2.75, 3.05) is 0 Å². The molecule has 0 amide bonds. The molecule has 5 rings (SSSR count). The molecule has 26 heavy (non-hydrogen) atoms. The first kappa shape index (κ1) is 14.7. The summed E-state index contributed by atoms with van der Waals surface area (Å²) in [5, 5.41) is 0.911. The lowest BCUT2D eigenvalue weighted by atomic mass is 10.1. The number of halogens is 1. The third kappa shape index (κ3) is 2.17. The number of rotatable bonds is 2. The molecule has 4 aromatic heterocycles. The number of fused-ring (bicyclic) bond motifs is 2. The maximum absolute atomic E-state index is 13.3. The van der Waals surface area contributed by atoms with Crippen LogP contribution in [-0.4, -0.2) is 29.1 Å². The lowest BCUT2D eigenvalue weighted by molar-refractivity contribution is 0.628. The van der Waals surface area contributed by atoms with Gasteiger partial charge in [0.25, 0.3) is 0 Å². The number of imidazole rings is 1. The maximum atomic E-state index is 13.3. The molecule has 0 aliphatic carbocycles. The van der Waals surface area contributed by atoms with E-state index in [1.165, 1.54) is 12.1 Å². The minimum atomic E-state index is -0.277. The molecule has 0 bridgehead atoms. The van der Waals surface area contributed by atoms with Crippen molar-refractivity contribution in [1.82, 2.24) is 29.1 Å². The van der Waals surface area contributed by atoms with E-state index < -0.39 is 0 Å². The van der Waals surface area contributed by atoms with Gasteiger partial charge in [-0.25, -0.2) is 14.4 Å². The Hall–Kier alpha value is -3.61. The van der Waals surface area contributed by atoms with E-state index in [1.807, 2.05) is 34.5 Å². The van der Waals surface area contributed by atoms with Gasteiger partial charge in [0.2, 0.25) is 5.95 Å². The third-order valence-corrected chi connectivity index (χ3v) is 4.40. The van der Waals surface area contributed by atoms with Crippen LogP contribution in [0.25, 0.3) is 39.3 Å². The van der Waals surface area contributed by atoms with E-state index in [-0.39, 0.29) is 5.82 Å². The van der Waals surface area contributed by atoms with Crippen LogP contribution in [0, 0.1) is 5.82 Å². The molecule has 0 spiro atoms. The van der Waals surface area contributed by atoms with E-state index in [0.29, 0.717) is 5.95 Å². The van der Waals surface area contributed by atoms with E-state index in [1.54, 1.807) is 30.9 Å². The number of pyridine rings is 1. The van der Waals surface area contributed by atoms with Gasteiger partial charge in [0, 0.05) is 30.4 Å². The smallest absolute Gasteiger partial charge is 0.238 e. The van der Waals surface area contributed by atoms with Crippen LogP contribution >= 0.6 is 0 Å². The van der Waals surface area contributed by atoms with Gasteiger partial charge in [-0.3, -0.25) is 9.55 Å². The summed E-state index contributed by atoms with van der Waals surface area (Å²) in [7, 11) is 1.93. The van der Waals surface area contributed by atoms with E-state index >= 15 is 0 Å². The molecule has 7 heteroatoms. The van der Waals surface area contributed by atoms with E-state index in [4.69, 9.17) is 9.97 Å². The molecule has 6 nitrogen and oxygen atoms in total. The molecule has 4 heterocycles. The van der Waals surface area contributed by atoms with Gasteiger partial charge in [0.05, 0.1) is 17.4 Å². The highest BCUT2D eigenvalue weighted by Crippen LogP contribution is 2.28. The summed E-state index contributed by atoms with van der Waals surface area (Å²) >= 11 is 0. The Morgan fingerprint density at radius 2 is 1.85 bits per heavy atom. The van der Waals surface area contributed by atoms with Crippen LogP contribution in [0.2, 0.25) is 0 Å². The number of hydrogen-bond acceptors (Lipinski definition) is 4. The monoisotopic (exact) mass is 344 g/mol. The molecule has 0 unspecified atom stereocenters. The van der Waals surface area contributed by atoms with Gasteiger partial charge in [-0.05, 0) is 36.4 Å². The third-order valence-electron chi connectivity index (χ3n) is 4.40. The zero-order valence-electron chi connectivity index (χ0n) is 13.8. The quantitative estimate of drug-likeness (QED) is 0.492. The van der Waals surface area contributed by atoms with E-state index in [9.17, 15) is 4.39 Å². The Morgan fingerprint density at radius 3 is 2.69 bits per heavy atom. The number of aryl methyl sites for hydroxylation is 1. The Morgan fingerprint density at radius 1 is 1.00 bits per heavy atom. The Labute approximate surface area is 147 Å². The van der Waals surface area contributed by atoms with Gasteiger partial charge in [-0.2, -0.15) is 4.98 Å². The molecule has 0 aliphatic rings. The van der Waals surface area contributed by atoms with Gasteiger partial charge in [0.15, 0.2) is 0 Å². The van der Waals surface area contributed by atoms with Crippen molar-refractivity contribution in [3.8, 4) is 17.2 Å². The summed E-state index contributed by atoms with van der Waals surface area (Å²) in [4.78, 5) is 17.9. The molecule has 0 fully saturated rings. The first-order valence-corrected chi connectivity index (χ1v) is 8.07. The topological polar surface area (TPSA) is 61.4 Å². The van der Waals surface area contributed by atoms with Gasteiger partial charge in [-0.15, -0.1) is 0 Å². The van der Waals surface area contributed by atoms with Crippen molar-refractivity contribution in [2.24, 2.45) is 7.05 Å². The fraction of sp³-hybridized carbons (Fsp3) is 0.0526. The molecule has 0 saturated heterocycles. The van der Waals surface area contributed by atoms with Crippen LogP contribution in [0.15, 0.2) is 61.3 Å². The zero-order valence-corrected chi connectivity index (χ0v) is 13.8. The number of benzene rings is 1. The lowest BCUT2D eigenvalue weighted by Gasteiger charge is -2.09. The molecule has 0 saturated carbocycles. The highest BCUT2D eigenvalue weighted by Gasteiger charge is 2.15. The second kappa shape index (κ2) is 5.45. The van der Waals surface area contributed by atoms with Gasteiger partial charge in [-0.1, -0.05) is 0 Å². The van der Waals surface area contributed by atoms with Crippen LogP contribution < -0.4 is 0 Å². The van der Waals surface area contributed by atoms with Crippen LogP contribution in [0.3, 0.4) is 0 Å². The molecule has 0 aliphatic heterocycles. The Balaban J connectivity index is 1.81. The van der Waals surface area contributed by atoms with Gasteiger partial charge < -0.3 is 4.57 Å². The highest BCUT2D eigenvalue weighted by atomic mass is 19.1. The fourth-order valence-corrected chi connectivity index (χ4v) is 3.08. The molecule has 0 radical (unpaired) electrons. The van der Waals surface area contributed by atoms with Crippen molar-refractivity contribution in [3.63, 3.8) is 0 Å². The van der Waals surface area contributed by atoms with Crippen LogP contribution in [0.5, 0.6) is 0 Å². The van der Waals surface area contributed by atoms with Crippen LogP contribution in [0.1, 0.15) is 0 Å². The standard InChI is InChI=1S/C19H13FN6/c1-25-9-7-14-17(12-2-4-13(20)5-3-12)23-19(24-18(14)25)26-11-22-15-10-21-8-6-16(15)26/h2-11H,1H3. The number of aromatic nitrogens is 6. The predicted octanol–water partition coefficient (Wildman–Crippen LogP) is 3.51. The first-order valence-electron chi connectivity index (χ1n) is 8.07. The summed E-state index contributed by atoms with van der Waals surface area (Å²) in [6.45, 7) is 0. The van der Waals surface area contributed by atoms with Crippen molar-refractivity contribution in [2.45, 2.75) is 0 Å². The second-order valence-electron chi connectivity index (χ2n) is 6.02. The summed E-state index contributed by atoms with van der Waals surface area (Å²) in [5.41, 5.74) is 4.02. The molecular weight excluding hydrogens is 331 g/mol. The molecule has 0 N–H and O–H groups in total. The largest absolute Gasteiger partial charge is 0.335 e. The normalized spacial score (nSPS) is 11.5. The molecule has 126 valence electrons. The van der Waals surface area contributed by atoms with Gasteiger partial charge in [0.1, 0.15) is 23.3 Å². The number of nitrogens with zero attached hydrogens (tertiary/aromatic N) is 6. The predicted molar refractivity (Wildman–Crippen MR) is 96.3 cm³/mol. The second-order valence-corrected chi connectivity index (χ2v) is 6.02. The van der Waals surface area contributed by atoms with Crippen molar-refractivity contribution in [1.29, 1.82) is 0 Å². The summed E-state index contributed by atoms with van der Waals surface area (Å²) in [5.74, 6) is 0.229. The SMILES string of the molecule is Cn1ccc2c(-c3ccc(F)cc3)nc(-n3cnc4cnccc43)nc21. The van der Waals surface area contributed by atoms with E-state index in [0.717, 1.165) is 33.3 Å². The average molecular weight is 344 g/mol. The summed E-state index contributed by atoms with van der Waals surface area (Å²) in [6, 6.07) is 10.2. The van der Waals surface area contributed by atoms with Crippen molar-refractivity contribution in [3.05, 3.63) is 67.1 Å². The zero-order chi connectivity index (χ0) is 17.7. The van der Waals surface area contributed by atoms with Crippen LogP contribution in [0.4, 0.5) is 4.39 Å². The van der Waals surface area contributed by atoms with Crippen molar-refractivity contribution < 1.29 is 4.39 Å². The van der Waals surface area contributed by atoms with Gasteiger partial charge >= 0.3 is 0 Å². The molecule has 5 aromatic rings. The Bertz CT molecular complexity index is 1250. The van der Waals surface area contributed by atoms with Crippen molar-refractivity contribution >= 4 is 22.1 Å². The average Bonchev–Trinajstić information content (AvgIpc) is 3.26. The first-order chi connectivity index (χ1) is 12.7. The molecule has 1 aromatic carbocycles. The summed E-state index contributed by atoms with van der Waals surface area (Å²) < 4.78 is 17.1. The number of hydrogen-bond donors (Lipinski definition) is 0. The summed E-state index contributed by atoms with van der Waals surface area (Å²) in [6.07, 6.45) is 7.03.